The monoisotopic (exact) mass is 394 g/mol. The molecule has 0 N–H and O–H groups in total. The molecule has 0 aromatic carbocycles. The van der Waals surface area contributed by atoms with E-state index in [-0.39, 0.29) is 0 Å². The molecule has 0 radical (unpaired) electrons. The summed E-state index contributed by atoms with van der Waals surface area (Å²) < 4.78 is 6.02. The van der Waals surface area contributed by atoms with E-state index in [1.165, 1.54) is 9.13 Å². The van der Waals surface area contributed by atoms with Crippen LogP contribution < -0.4 is 0 Å². The Labute approximate surface area is 116 Å². The summed E-state index contributed by atoms with van der Waals surface area (Å²) in [4.78, 5) is 0. The maximum absolute atomic E-state index is 4.43. The van der Waals surface area contributed by atoms with E-state index in [1.54, 1.807) is 0 Å². The van der Waals surface area contributed by atoms with Gasteiger partial charge in [-0.1, -0.05) is 0 Å². The van der Waals surface area contributed by atoms with Gasteiger partial charge in [0, 0.05) is 31.8 Å². The summed E-state index contributed by atoms with van der Waals surface area (Å²) >= 11 is 5.87. The van der Waals surface area contributed by atoms with Crippen LogP contribution in [-0.2, 0) is 20.0 Å². The Morgan fingerprint density at radius 1 is 1.50 bits per heavy atom. The molecule has 2 aromatic heterocycles. The molecule has 6 heteroatoms. The number of aromatic nitrogens is 4. The highest BCUT2D eigenvalue weighted by Gasteiger charge is 2.11. The van der Waals surface area contributed by atoms with Gasteiger partial charge in [-0.3, -0.25) is 9.36 Å². The van der Waals surface area contributed by atoms with E-state index in [2.05, 4.69) is 55.6 Å². The smallest absolute Gasteiger partial charge is 0.107 e. The third-order valence-electron chi connectivity index (χ3n) is 2.36. The summed E-state index contributed by atoms with van der Waals surface area (Å²) in [5, 5.41) is 8.73. The van der Waals surface area contributed by atoms with Gasteiger partial charge in [0.15, 0.2) is 0 Å². The van der Waals surface area contributed by atoms with Crippen molar-refractivity contribution in [2.75, 3.05) is 0 Å². The number of hydrogen-bond acceptors (Lipinski definition) is 2. The van der Waals surface area contributed by atoms with Crippen LogP contribution in [-0.4, -0.2) is 19.6 Å². The summed E-state index contributed by atoms with van der Waals surface area (Å²) in [6.07, 6.45) is 4.74. The SMILES string of the molecule is CCn1ncc(Cc2nn(C)cc2I)c1Br. The first kappa shape index (κ1) is 12.1. The van der Waals surface area contributed by atoms with Gasteiger partial charge in [0.25, 0.3) is 0 Å². The molecule has 0 atom stereocenters. The van der Waals surface area contributed by atoms with Crippen LogP contribution in [0.4, 0.5) is 0 Å². The van der Waals surface area contributed by atoms with Crippen molar-refractivity contribution in [2.45, 2.75) is 19.9 Å². The lowest BCUT2D eigenvalue weighted by molar-refractivity contribution is 0.644. The van der Waals surface area contributed by atoms with Gasteiger partial charge in [0.1, 0.15) is 4.60 Å². The van der Waals surface area contributed by atoms with Crippen molar-refractivity contribution >= 4 is 38.5 Å². The minimum absolute atomic E-state index is 0.819. The molecule has 0 saturated carbocycles. The van der Waals surface area contributed by atoms with Crippen molar-refractivity contribution in [3.8, 4) is 0 Å². The molecule has 2 aromatic rings. The third-order valence-corrected chi connectivity index (χ3v) is 4.18. The average molecular weight is 395 g/mol. The number of aryl methyl sites for hydroxylation is 2. The van der Waals surface area contributed by atoms with Gasteiger partial charge in [-0.25, -0.2) is 0 Å². The van der Waals surface area contributed by atoms with E-state index in [4.69, 9.17) is 0 Å². The number of halogens is 2. The molecule has 0 fully saturated rings. The second-order valence-corrected chi connectivity index (χ2v) is 5.46. The Balaban J connectivity index is 2.27. The van der Waals surface area contributed by atoms with Gasteiger partial charge >= 0.3 is 0 Å². The zero-order valence-electron chi connectivity index (χ0n) is 9.11. The van der Waals surface area contributed by atoms with Crippen LogP contribution in [0.15, 0.2) is 17.0 Å². The van der Waals surface area contributed by atoms with Crippen molar-refractivity contribution < 1.29 is 0 Å². The zero-order valence-corrected chi connectivity index (χ0v) is 12.9. The predicted octanol–water partition coefficient (Wildman–Crippen LogP) is 2.59. The van der Waals surface area contributed by atoms with E-state index >= 15 is 0 Å². The topological polar surface area (TPSA) is 35.6 Å². The van der Waals surface area contributed by atoms with E-state index in [9.17, 15) is 0 Å². The maximum Gasteiger partial charge on any atom is 0.107 e. The molecule has 0 spiro atoms. The summed E-state index contributed by atoms with van der Waals surface area (Å²) in [6, 6.07) is 0. The first-order valence-corrected chi connectivity index (χ1v) is 6.87. The standard InChI is InChI=1S/C10H12BrIN4/c1-3-16-10(11)7(5-13-16)4-9-8(12)6-15(2)14-9/h5-6H,3-4H2,1-2H3. The minimum atomic E-state index is 0.819. The largest absolute Gasteiger partial charge is 0.274 e. The Kier molecular flexibility index (Phi) is 3.68. The average Bonchev–Trinajstić information content (AvgIpc) is 2.73. The molecule has 0 saturated heterocycles. The van der Waals surface area contributed by atoms with E-state index in [0.717, 1.165) is 23.3 Å². The third kappa shape index (κ3) is 2.32. The van der Waals surface area contributed by atoms with Crippen LogP contribution in [0.1, 0.15) is 18.2 Å². The highest BCUT2D eigenvalue weighted by molar-refractivity contribution is 14.1. The lowest BCUT2D eigenvalue weighted by Crippen LogP contribution is -1.97. The van der Waals surface area contributed by atoms with Gasteiger partial charge in [0.05, 0.1) is 15.5 Å². The van der Waals surface area contributed by atoms with Crippen LogP contribution in [0.25, 0.3) is 0 Å². The van der Waals surface area contributed by atoms with Crippen LogP contribution >= 0.6 is 38.5 Å². The summed E-state index contributed by atoms with van der Waals surface area (Å²) in [7, 11) is 1.94. The van der Waals surface area contributed by atoms with Crippen molar-refractivity contribution in [3.05, 3.63) is 31.8 Å². The highest BCUT2D eigenvalue weighted by atomic mass is 127. The van der Waals surface area contributed by atoms with Gasteiger partial charge in [-0.15, -0.1) is 0 Å². The minimum Gasteiger partial charge on any atom is -0.274 e. The number of hydrogen-bond donors (Lipinski definition) is 0. The second kappa shape index (κ2) is 4.87. The van der Waals surface area contributed by atoms with E-state index in [1.807, 2.05) is 28.8 Å². The fourth-order valence-electron chi connectivity index (χ4n) is 1.55. The molecule has 0 aliphatic heterocycles. The normalized spacial score (nSPS) is 11.0. The molecule has 0 aliphatic rings. The van der Waals surface area contributed by atoms with Gasteiger partial charge in [-0.2, -0.15) is 10.2 Å². The van der Waals surface area contributed by atoms with E-state index < -0.39 is 0 Å². The van der Waals surface area contributed by atoms with Crippen molar-refractivity contribution in [2.24, 2.45) is 7.05 Å². The molecule has 86 valence electrons. The Bertz CT molecular complexity index is 503. The summed E-state index contributed by atoms with van der Waals surface area (Å²) in [6.45, 7) is 2.95. The summed E-state index contributed by atoms with van der Waals surface area (Å²) in [5.74, 6) is 0. The lowest BCUT2D eigenvalue weighted by atomic mass is 10.2. The molecule has 0 amide bonds. The zero-order chi connectivity index (χ0) is 11.7. The van der Waals surface area contributed by atoms with E-state index in [0.29, 0.717) is 0 Å². The predicted molar refractivity (Wildman–Crippen MR) is 74.3 cm³/mol. The molecule has 2 rings (SSSR count). The molecule has 16 heavy (non-hydrogen) atoms. The van der Waals surface area contributed by atoms with Crippen LogP contribution in [0.3, 0.4) is 0 Å². The molecule has 0 bridgehead atoms. The maximum atomic E-state index is 4.43. The lowest BCUT2D eigenvalue weighted by Gasteiger charge is -1.99. The first-order chi connectivity index (χ1) is 7.61. The van der Waals surface area contributed by atoms with Gasteiger partial charge < -0.3 is 0 Å². The Hall–Kier alpha value is -0.370. The molecule has 0 aliphatic carbocycles. The van der Waals surface area contributed by atoms with Gasteiger partial charge in [-0.05, 0) is 45.4 Å². The quantitative estimate of drug-likeness (QED) is 0.750. The summed E-state index contributed by atoms with van der Waals surface area (Å²) in [5.41, 5.74) is 2.28. The fraction of sp³-hybridized carbons (Fsp3) is 0.400. The van der Waals surface area contributed by atoms with Crippen molar-refractivity contribution in [3.63, 3.8) is 0 Å². The molecule has 2 heterocycles. The highest BCUT2D eigenvalue weighted by Crippen LogP contribution is 2.21. The van der Waals surface area contributed by atoms with Crippen LogP contribution in [0, 0.1) is 3.57 Å². The fourth-order valence-corrected chi connectivity index (χ4v) is 2.84. The van der Waals surface area contributed by atoms with Gasteiger partial charge in [0.2, 0.25) is 0 Å². The number of rotatable bonds is 3. The van der Waals surface area contributed by atoms with Crippen LogP contribution in [0.2, 0.25) is 0 Å². The van der Waals surface area contributed by atoms with Crippen molar-refractivity contribution in [1.29, 1.82) is 0 Å². The first-order valence-electron chi connectivity index (χ1n) is 5.00. The Morgan fingerprint density at radius 3 is 2.75 bits per heavy atom. The molecule has 4 nitrogen and oxygen atoms in total. The Morgan fingerprint density at radius 2 is 2.25 bits per heavy atom. The van der Waals surface area contributed by atoms with Crippen molar-refractivity contribution in [1.82, 2.24) is 19.6 Å². The molecular formula is C10H12BrIN4. The number of nitrogens with zero attached hydrogens (tertiary/aromatic N) is 4. The molecule has 0 unspecified atom stereocenters. The van der Waals surface area contributed by atoms with Crippen LogP contribution in [0.5, 0.6) is 0 Å². The molecular weight excluding hydrogens is 383 g/mol. The second-order valence-electron chi connectivity index (χ2n) is 3.55.